The molecular formula is C20H19N3O7. The first kappa shape index (κ1) is 22.2. The number of hydrogen-bond acceptors (Lipinski definition) is 9. The fraction of sp³-hybridized carbons (Fsp3) is 0.250. The Morgan fingerprint density at radius 2 is 1.97 bits per heavy atom. The number of carbonyl (C=O) groups is 2. The minimum Gasteiger partial charge on any atom is -0.459 e. The van der Waals surface area contributed by atoms with Crippen LogP contribution in [0.15, 0.2) is 59.2 Å². The molecule has 1 aromatic carbocycles. The Kier molecular flexibility index (Phi) is 6.93. The molecule has 10 heteroatoms. The molecule has 0 radical (unpaired) electrons. The summed E-state index contributed by atoms with van der Waals surface area (Å²) in [7, 11) is 0. The maximum absolute atomic E-state index is 12.8. The molecule has 0 unspecified atom stereocenters. The maximum atomic E-state index is 12.8. The predicted molar refractivity (Wildman–Crippen MR) is 103 cm³/mol. The lowest BCUT2D eigenvalue weighted by Gasteiger charge is -2.26. The van der Waals surface area contributed by atoms with Gasteiger partial charge in [0.2, 0.25) is 5.88 Å². The summed E-state index contributed by atoms with van der Waals surface area (Å²) in [4.78, 5) is 35.0. The van der Waals surface area contributed by atoms with Gasteiger partial charge in [0.25, 0.3) is 5.69 Å². The quantitative estimate of drug-likeness (QED) is 0.233. The van der Waals surface area contributed by atoms with Gasteiger partial charge in [-0.2, -0.15) is 5.26 Å². The standard InChI is InChI=1S/C20H19N3O7/c1-11(2)19(24)28-8-9-29-20(25)16-12(3)30-18(22)14(10-21)17(16)13-6-4-5-7-15(13)23(26)27/h4-7,17H,1,8-9,22H2,2-3H3/t17-/m1/s1. The van der Waals surface area contributed by atoms with Gasteiger partial charge in [-0.3, -0.25) is 10.1 Å². The molecule has 0 amide bonds. The summed E-state index contributed by atoms with van der Waals surface area (Å²) in [6.45, 7) is 5.84. The number of esters is 2. The molecule has 30 heavy (non-hydrogen) atoms. The van der Waals surface area contributed by atoms with Gasteiger partial charge in [0.05, 0.1) is 16.4 Å². The van der Waals surface area contributed by atoms with Gasteiger partial charge in [-0.05, 0) is 13.8 Å². The molecule has 156 valence electrons. The van der Waals surface area contributed by atoms with Gasteiger partial charge in [0.1, 0.15) is 30.6 Å². The van der Waals surface area contributed by atoms with E-state index >= 15 is 0 Å². The van der Waals surface area contributed by atoms with E-state index in [0.717, 1.165) is 0 Å². The van der Waals surface area contributed by atoms with Gasteiger partial charge in [-0.25, -0.2) is 9.59 Å². The number of nitro groups is 1. The maximum Gasteiger partial charge on any atom is 0.338 e. The minimum absolute atomic E-state index is 0.0404. The van der Waals surface area contributed by atoms with Crippen LogP contribution in [0.4, 0.5) is 5.69 Å². The Morgan fingerprint density at radius 3 is 2.57 bits per heavy atom. The third kappa shape index (κ3) is 4.64. The van der Waals surface area contributed by atoms with E-state index in [0.29, 0.717) is 0 Å². The molecule has 0 aliphatic carbocycles. The minimum atomic E-state index is -1.16. The van der Waals surface area contributed by atoms with E-state index in [-0.39, 0.29) is 52.8 Å². The van der Waals surface area contributed by atoms with E-state index in [1.807, 2.05) is 6.07 Å². The molecule has 1 aliphatic heterocycles. The normalized spacial score (nSPS) is 15.7. The summed E-state index contributed by atoms with van der Waals surface area (Å²) in [5, 5.41) is 21.0. The molecule has 0 aromatic heterocycles. The fourth-order valence-electron chi connectivity index (χ4n) is 2.82. The summed E-state index contributed by atoms with van der Waals surface area (Å²) in [6, 6.07) is 7.54. The van der Waals surface area contributed by atoms with E-state index < -0.39 is 22.8 Å². The Labute approximate surface area is 172 Å². The second-order valence-corrected chi connectivity index (χ2v) is 6.26. The first-order chi connectivity index (χ1) is 14.2. The van der Waals surface area contributed by atoms with Crippen molar-refractivity contribution in [2.75, 3.05) is 13.2 Å². The number of ether oxygens (including phenoxy) is 3. The number of hydrogen-bond donors (Lipinski definition) is 1. The van der Waals surface area contributed by atoms with Crippen LogP contribution in [0.1, 0.15) is 25.3 Å². The molecule has 0 saturated heterocycles. The van der Waals surface area contributed by atoms with Gasteiger partial charge >= 0.3 is 11.9 Å². The third-order valence-corrected chi connectivity index (χ3v) is 4.17. The molecule has 10 nitrogen and oxygen atoms in total. The molecule has 0 fully saturated rings. The average Bonchev–Trinajstić information content (AvgIpc) is 2.70. The van der Waals surface area contributed by atoms with Crippen LogP contribution in [0, 0.1) is 21.4 Å². The van der Waals surface area contributed by atoms with Crippen LogP contribution in [-0.2, 0) is 23.8 Å². The van der Waals surface area contributed by atoms with Crippen molar-refractivity contribution < 1.29 is 28.7 Å². The van der Waals surface area contributed by atoms with Gasteiger partial charge in [0.15, 0.2) is 0 Å². The van der Waals surface area contributed by atoms with Crippen molar-refractivity contribution >= 4 is 17.6 Å². The zero-order chi connectivity index (χ0) is 22.4. The van der Waals surface area contributed by atoms with Crippen LogP contribution >= 0.6 is 0 Å². The Bertz CT molecular complexity index is 1020. The van der Waals surface area contributed by atoms with Gasteiger partial charge in [-0.15, -0.1) is 0 Å². The molecule has 0 bridgehead atoms. The lowest BCUT2D eigenvalue weighted by Crippen LogP contribution is -2.26. The van der Waals surface area contributed by atoms with Crippen LogP contribution < -0.4 is 5.73 Å². The van der Waals surface area contributed by atoms with Crippen molar-refractivity contribution in [2.24, 2.45) is 5.73 Å². The van der Waals surface area contributed by atoms with Crippen molar-refractivity contribution in [2.45, 2.75) is 19.8 Å². The summed E-state index contributed by atoms with van der Waals surface area (Å²) < 4.78 is 15.3. The molecular weight excluding hydrogens is 394 g/mol. The number of para-hydroxylation sites is 1. The summed E-state index contributed by atoms with van der Waals surface area (Å²) in [5.41, 5.74) is 5.51. The first-order valence-electron chi connectivity index (χ1n) is 8.70. The second-order valence-electron chi connectivity index (χ2n) is 6.26. The van der Waals surface area contributed by atoms with E-state index in [2.05, 4.69) is 6.58 Å². The molecule has 0 saturated carbocycles. The van der Waals surface area contributed by atoms with Gasteiger partial charge < -0.3 is 19.9 Å². The zero-order valence-electron chi connectivity index (χ0n) is 16.3. The van der Waals surface area contributed by atoms with Crippen molar-refractivity contribution in [3.8, 4) is 6.07 Å². The van der Waals surface area contributed by atoms with E-state index in [1.54, 1.807) is 6.07 Å². The number of nitrogens with two attached hydrogens (primary N) is 1. The summed E-state index contributed by atoms with van der Waals surface area (Å²) >= 11 is 0. The van der Waals surface area contributed by atoms with Crippen molar-refractivity contribution in [1.29, 1.82) is 5.26 Å². The third-order valence-electron chi connectivity index (χ3n) is 4.17. The molecule has 2 rings (SSSR count). The van der Waals surface area contributed by atoms with Gasteiger partial charge in [-0.1, -0.05) is 24.8 Å². The first-order valence-corrected chi connectivity index (χ1v) is 8.70. The fourth-order valence-corrected chi connectivity index (χ4v) is 2.82. The Balaban J connectivity index is 2.37. The molecule has 2 N–H and O–H groups in total. The predicted octanol–water partition coefficient (Wildman–Crippen LogP) is 2.34. The molecule has 0 spiro atoms. The number of nitrogens with zero attached hydrogens (tertiary/aromatic N) is 2. The second kappa shape index (κ2) is 9.38. The highest BCUT2D eigenvalue weighted by Gasteiger charge is 2.39. The number of nitriles is 1. The van der Waals surface area contributed by atoms with Crippen molar-refractivity contribution in [1.82, 2.24) is 0 Å². The van der Waals surface area contributed by atoms with Gasteiger partial charge in [0, 0.05) is 17.2 Å². The van der Waals surface area contributed by atoms with Crippen molar-refractivity contribution in [3.05, 3.63) is 74.9 Å². The number of benzene rings is 1. The van der Waals surface area contributed by atoms with Crippen LogP contribution in [0.2, 0.25) is 0 Å². The van der Waals surface area contributed by atoms with E-state index in [4.69, 9.17) is 19.9 Å². The lowest BCUT2D eigenvalue weighted by molar-refractivity contribution is -0.385. The largest absolute Gasteiger partial charge is 0.459 e. The number of allylic oxidation sites excluding steroid dienone is 2. The molecule has 1 heterocycles. The SMILES string of the molecule is C=C(C)C(=O)OCCOC(=O)C1=C(C)OC(N)=C(C#N)[C@H]1c1ccccc1[N+](=O)[O-]. The number of rotatable bonds is 7. The highest BCUT2D eigenvalue weighted by molar-refractivity contribution is 5.93. The van der Waals surface area contributed by atoms with Crippen LogP contribution in [0.3, 0.4) is 0 Å². The van der Waals surface area contributed by atoms with E-state index in [1.165, 1.54) is 32.0 Å². The highest BCUT2D eigenvalue weighted by Crippen LogP contribution is 2.42. The monoisotopic (exact) mass is 413 g/mol. The van der Waals surface area contributed by atoms with Crippen LogP contribution in [-0.4, -0.2) is 30.1 Å². The molecule has 1 aliphatic rings. The molecule has 1 atom stereocenters. The Hall–Kier alpha value is -4.13. The van der Waals surface area contributed by atoms with Crippen molar-refractivity contribution in [3.63, 3.8) is 0 Å². The molecule has 1 aromatic rings. The summed E-state index contributed by atoms with van der Waals surface area (Å²) in [6.07, 6.45) is 0. The summed E-state index contributed by atoms with van der Waals surface area (Å²) in [5.74, 6) is -2.90. The lowest BCUT2D eigenvalue weighted by atomic mass is 9.82. The Morgan fingerprint density at radius 1 is 1.33 bits per heavy atom. The number of nitro benzene ring substituents is 1. The van der Waals surface area contributed by atoms with E-state index in [9.17, 15) is 25.0 Å². The topological polar surface area (TPSA) is 155 Å². The average molecular weight is 413 g/mol. The number of carbonyl (C=O) groups excluding carboxylic acids is 2. The highest BCUT2D eigenvalue weighted by atomic mass is 16.6. The smallest absolute Gasteiger partial charge is 0.338 e. The zero-order valence-corrected chi connectivity index (χ0v) is 16.3. The van der Waals surface area contributed by atoms with Crippen LogP contribution in [0.5, 0.6) is 0 Å². The van der Waals surface area contributed by atoms with Crippen LogP contribution in [0.25, 0.3) is 0 Å².